The number of aliphatic hydroxyl groups is 1. The summed E-state index contributed by atoms with van der Waals surface area (Å²) >= 11 is 6.33. The van der Waals surface area contributed by atoms with Crippen molar-refractivity contribution in [2.24, 2.45) is 0 Å². The molecule has 6 nitrogen and oxygen atoms in total. The van der Waals surface area contributed by atoms with Gasteiger partial charge in [-0.25, -0.2) is 4.98 Å². The Morgan fingerprint density at radius 2 is 1.97 bits per heavy atom. The first kappa shape index (κ1) is 20.3. The monoisotopic (exact) mass is 422 g/mol. The van der Waals surface area contributed by atoms with Crippen molar-refractivity contribution >= 4 is 29.0 Å². The maximum absolute atomic E-state index is 12.9. The summed E-state index contributed by atoms with van der Waals surface area (Å²) < 4.78 is 0. The van der Waals surface area contributed by atoms with E-state index in [-0.39, 0.29) is 12.0 Å². The number of pyridine rings is 2. The van der Waals surface area contributed by atoms with Crippen molar-refractivity contribution < 1.29 is 9.90 Å². The van der Waals surface area contributed by atoms with E-state index >= 15 is 0 Å². The molecule has 0 unspecified atom stereocenters. The van der Waals surface area contributed by atoms with Crippen LogP contribution in [0.4, 0.5) is 11.5 Å². The van der Waals surface area contributed by atoms with Crippen molar-refractivity contribution in [2.45, 2.75) is 25.9 Å². The van der Waals surface area contributed by atoms with E-state index in [1.165, 1.54) is 0 Å². The van der Waals surface area contributed by atoms with Gasteiger partial charge >= 0.3 is 0 Å². The van der Waals surface area contributed by atoms with Crippen LogP contribution in [0.1, 0.15) is 28.9 Å². The van der Waals surface area contributed by atoms with Gasteiger partial charge < -0.3 is 15.3 Å². The van der Waals surface area contributed by atoms with E-state index in [1.807, 2.05) is 37.3 Å². The summed E-state index contributed by atoms with van der Waals surface area (Å²) in [5, 5.41) is 13.2. The zero-order valence-corrected chi connectivity index (χ0v) is 17.4. The molecule has 3 aromatic rings. The summed E-state index contributed by atoms with van der Waals surface area (Å²) in [6.07, 6.45) is 2.94. The molecule has 2 aromatic heterocycles. The highest BCUT2D eigenvalue weighted by Crippen LogP contribution is 2.29. The summed E-state index contributed by atoms with van der Waals surface area (Å²) in [5.74, 6) is 0.606. The molecule has 3 heterocycles. The van der Waals surface area contributed by atoms with Crippen molar-refractivity contribution in [3.63, 3.8) is 0 Å². The van der Waals surface area contributed by atoms with E-state index in [1.54, 1.807) is 24.4 Å². The zero-order chi connectivity index (χ0) is 21.1. The molecule has 0 radical (unpaired) electrons. The van der Waals surface area contributed by atoms with Gasteiger partial charge in [0.1, 0.15) is 5.82 Å². The van der Waals surface area contributed by atoms with Crippen molar-refractivity contribution in [1.29, 1.82) is 0 Å². The standard InChI is InChI=1S/C23H23ClN4O2/c1-15-18(6-8-22(26-15)28-12-9-17(29)10-13-28)23(30)27-16-5-7-20(24)19(14-16)21-4-2-3-11-25-21/h2-8,11,14,17,29H,9-10,12-13H2,1H3,(H,27,30). The molecule has 7 heteroatoms. The number of aromatic nitrogens is 2. The number of hydrogen-bond donors (Lipinski definition) is 2. The van der Waals surface area contributed by atoms with Crippen molar-refractivity contribution in [3.8, 4) is 11.3 Å². The highest BCUT2D eigenvalue weighted by Gasteiger charge is 2.20. The van der Waals surface area contributed by atoms with Crippen molar-refractivity contribution in [2.75, 3.05) is 23.3 Å². The molecular formula is C23H23ClN4O2. The second-order valence-corrected chi connectivity index (χ2v) is 7.79. The summed E-state index contributed by atoms with van der Waals surface area (Å²) in [6, 6.07) is 14.6. The quantitative estimate of drug-likeness (QED) is 0.654. The minimum absolute atomic E-state index is 0.227. The molecule has 1 amide bonds. The number of aryl methyl sites for hydroxylation is 1. The van der Waals surface area contributed by atoms with Gasteiger partial charge in [-0.05, 0) is 62.2 Å². The third-order valence-corrected chi connectivity index (χ3v) is 5.60. The Bertz CT molecular complexity index is 1050. The Labute approximate surface area is 180 Å². The molecular weight excluding hydrogens is 400 g/mol. The SMILES string of the molecule is Cc1nc(N2CCC(O)CC2)ccc1C(=O)Nc1ccc(Cl)c(-c2ccccn2)c1. The molecule has 1 aliphatic rings. The predicted molar refractivity (Wildman–Crippen MR) is 119 cm³/mol. The first-order valence-electron chi connectivity index (χ1n) is 9.94. The molecule has 0 spiro atoms. The minimum atomic E-state index is -0.234. The minimum Gasteiger partial charge on any atom is -0.393 e. The molecule has 30 heavy (non-hydrogen) atoms. The van der Waals surface area contributed by atoms with E-state index in [0.717, 1.165) is 43.0 Å². The largest absolute Gasteiger partial charge is 0.393 e. The lowest BCUT2D eigenvalue weighted by Crippen LogP contribution is -2.36. The van der Waals surface area contributed by atoms with Crippen LogP contribution < -0.4 is 10.2 Å². The number of hydrogen-bond acceptors (Lipinski definition) is 5. The summed E-state index contributed by atoms with van der Waals surface area (Å²) in [7, 11) is 0. The molecule has 1 fully saturated rings. The Hall–Kier alpha value is -2.96. The van der Waals surface area contributed by atoms with Crippen LogP contribution in [0.5, 0.6) is 0 Å². The van der Waals surface area contributed by atoms with E-state index in [9.17, 15) is 9.90 Å². The fourth-order valence-electron chi connectivity index (χ4n) is 3.58. The summed E-state index contributed by atoms with van der Waals surface area (Å²) in [6.45, 7) is 3.36. The highest BCUT2D eigenvalue weighted by molar-refractivity contribution is 6.33. The first-order chi connectivity index (χ1) is 14.5. The Morgan fingerprint density at radius 3 is 2.67 bits per heavy atom. The molecule has 154 valence electrons. The average molecular weight is 423 g/mol. The van der Waals surface area contributed by atoms with Gasteiger partial charge in [0.15, 0.2) is 0 Å². The van der Waals surface area contributed by atoms with Crippen LogP contribution in [0.2, 0.25) is 5.02 Å². The van der Waals surface area contributed by atoms with Crippen LogP contribution >= 0.6 is 11.6 Å². The van der Waals surface area contributed by atoms with E-state index in [0.29, 0.717) is 22.0 Å². The van der Waals surface area contributed by atoms with Crippen LogP contribution in [-0.2, 0) is 0 Å². The van der Waals surface area contributed by atoms with Crippen molar-refractivity contribution in [1.82, 2.24) is 9.97 Å². The first-order valence-corrected chi connectivity index (χ1v) is 10.3. The number of amides is 1. The van der Waals surface area contributed by atoms with Gasteiger partial charge in [0, 0.05) is 30.5 Å². The van der Waals surface area contributed by atoms with Crippen LogP contribution in [0.15, 0.2) is 54.7 Å². The lowest BCUT2D eigenvalue weighted by molar-refractivity contribution is 0.102. The van der Waals surface area contributed by atoms with Gasteiger partial charge in [0.2, 0.25) is 0 Å². The van der Waals surface area contributed by atoms with Crippen LogP contribution in [0.3, 0.4) is 0 Å². The topological polar surface area (TPSA) is 78.3 Å². The fourth-order valence-corrected chi connectivity index (χ4v) is 3.79. The number of benzene rings is 1. The maximum Gasteiger partial charge on any atom is 0.257 e. The van der Waals surface area contributed by atoms with Crippen LogP contribution in [0, 0.1) is 6.92 Å². The van der Waals surface area contributed by atoms with Gasteiger partial charge in [-0.15, -0.1) is 0 Å². The molecule has 4 rings (SSSR count). The fraction of sp³-hybridized carbons (Fsp3) is 0.261. The Morgan fingerprint density at radius 1 is 1.17 bits per heavy atom. The van der Waals surface area contributed by atoms with Crippen molar-refractivity contribution in [3.05, 3.63) is 71.0 Å². The summed E-state index contributed by atoms with van der Waals surface area (Å²) in [5.41, 5.74) is 3.32. The number of anilines is 2. The number of halogens is 1. The molecule has 1 saturated heterocycles. The molecule has 0 atom stereocenters. The number of piperidine rings is 1. The third kappa shape index (κ3) is 4.45. The molecule has 1 aromatic carbocycles. The second-order valence-electron chi connectivity index (χ2n) is 7.38. The summed E-state index contributed by atoms with van der Waals surface area (Å²) in [4.78, 5) is 23.9. The maximum atomic E-state index is 12.9. The van der Waals surface area contributed by atoms with Crippen LogP contribution in [0.25, 0.3) is 11.3 Å². The number of nitrogens with zero attached hydrogens (tertiary/aromatic N) is 3. The smallest absolute Gasteiger partial charge is 0.257 e. The lowest BCUT2D eigenvalue weighted by atomic mass is 10.1. The molecule has 0 saturated carbocycles. The highest BCUT2D eigenvalue weighted by atomic mass is 35.5. The number of aliphatic hydroxyl groups excluding tert-OH is 1. The lowest BCUT2D eigenvalue weighted by Gasteiger charge is -2.30. The normalized spacial score (nSPS) is 14.6. The van der Waals surface area contributed by atoms with Gasteiger partial charge in [-0.3, -0.25) is 9.78 Å². The molecule has 2 N–H and O–H groups in total. The Balaban J connectivity index is 1.52. The number of carbonyl (C=O) groups is 1. The average Bonchev–Trinajstić information content (AvgIpc) is 2.76. The van der Waals surface area contributed by atoms with Gasteiger partial charge in [0.05, 0.1) is 28.1 Å². The molecule has 1 aliphatic heterocycles. The van der Waals surface area contributed by atoms with E-state index < -0.39 is 0 Å². The number of rotatable bonds is 4. The number of nitrogens with one attached hydrogen (secondary N) is 1. The molecule has 0 bridgehead atoms. The second kappa shape index (κ2) is 8.81. The van der Waals surface area contributed by atoms with Gasteiger partial charge in [-0.1, -0.05) is 17.7 Å². The number of carbonyl (C=O) groups excluding carboxylic acids is 1. The zero-order valence-electron chi connectivity index (χ0n) is 16.7. The third-order valence-electron chi connectivity index (χ3n) is 5.27. The molecule has 0 aliphatic carbocycles. The van der Waals surface area contributed by atoms with Gasteiger partial charge in [0.25, 0.3) is 5.91 Å². The van der Waals surface area contributed by atoms with E-state index in [2.05, 4.69) is 20.2 Å². The van der Waals surface area contributed by atoms with E-state index in [4.69, 9.17) is 11.6 Å². The van der Waals surface area contributed by atoms with Gasteiger partial charge in [-0.2, -0.15) is 0 Å². The predicted octanol–water partition coefficient (Wildman–Crippen LogP) is 4.32. The Kier molecular flexibility index (Phi) is 5.97. The van der Waals surface area contributed by atoms with Crippen LogP contribution in [-0.4, -0.2) is 40.2 Å².